The molecule has 0 aliphatic carbocycles. The summed E-state index contributed by atoms with van der Waals surface area (Å²) in [5.41, 5.74) is 2.09. The molecule has 1 aliphatic heterocycles. The fourth-order valence-corrected chi connectivity index (χ4v) is 7.02. The summed E-state index contributed by atoms with van der Waals surface area (Å²) in [5.74, 6) is -1.29. The van der Waals surface area contributed by atoms with E-state index in [1.54, 1.807) is 54.6 Å². The molecule has 0 saturated carbocycles. The molecule has 9 heteroatoms. The molecule has 5 aromatic rings. The summed E-state index contributed by atoms with van der Waals surface area (Å²) in [6.45, 7) is 0.277. The van der Waals surface area contributed by atoms with Crippen molar-refractivity contribution in [2.75, 3.05) is 11.4 Å². The molecule has 3 atom stereocenters. The lowest BCUT2D eigenvalue weighted by Gasteiger charge is -2.31. The number of anilines is 1. The van der Waals surface area contributed by atoms with Crippen LogP contribution in [0, 0.1) is 0 Å². The van der Waals surface area contributed by atoms with E-state index in [9.17, 15) is 18.3 Å². The molecule has 0 radical (unpaired) electrons. The van der Waals surface area contributed by atoms with Gasteiger partial charge in [-0.2, -0.15) is 0 Å². The summed E-state index contributed by atoms with van der Waals surface area (Å²) in [5, 5.41) is 12.5. The Morgan fingerprint density at radius 2 is 1.61 bits per heavy atom. The van der Waals surface area contributed by atoms with Crippen LogP contribution in [0.15, 0.2) is 119 Å². The van der Waals surface area contributed by atoms with Gasteiger partial charge in [-0.25, -0.2) is 8.42 Å². The summed E-state index contributed by atoms with van der Waals surface area (Å²) in [4.78, 5) is 13.4. The lowest BCUT2D eigenvalue weighted by molar-refractivity contribution is -0.143. The minimum atomic E-state index is -4.24. The average molecular weight is 570 g/mol. The molecule has 1 aliphatic rings. The number of rotatable bonds is 8. The molecule has 2 heterocycles. The highest BCUT2D eigenvalue weighted by Gasteiger charge is 2.53. The molecular weight excluding hydrogens is 542 g/mol. The van der Waals surface area contributed by atoms with E-state index >= 15 is 0 Å². The van der Waals surface area contributed by atoms with Crippen molar-refractivity contribution < 1.29 is 32.2 Å². The quantitative estimate of drug-likeness (QED) is 0.243. The number of benzene rings is 4. The number of aliphatic hydroxyl groups is 1. The van der Waals surface area contributed by atoms with Crippen LogP contribution in [0.5, 0.6) is 5.75 Å². The lowest BCUT2D eigenvalue weighted by Crippen LogP contribution is -2.45. The number of hydrogen-bond donors (Lipinski definition) is 1. The van der Waals surface area contributed by atoms with Gasteiger partial charge in [-0.3, -0.25) is 9.10 Å². The van der Waals surface area contributed by atoms with Crippen LogP contribution in [0.25, 0.3) is 11.0 Å². The summed E-state index contributed by atoms with van der Waals surface area (Å²) < 4.78 is 46.5. The molecular formula is C32H27NO7S. The van der Waals surface area contributed by atoms with Crippen molar-refractivity contribution in [3.05, 3.63) is 126 Å². The van der Waals surface area contributed by atoms with E-state index in [1.165, 1.54) is 19.2 Å². The number of carbonyl (C=O) groups is 1. The van der Waals surface area contributed by atoms with E-state index < -0.39 is 34.1 Å². The first-order valence-electron chi connectivity index (χ1n) is 13.0. The lowest BCUT2D eigenvalue weighted by atomic mass is 9.90. The smallest absolute Gasteiger partial charge is 0.315 e. The molecule has 4 aromatic carbocycles. The Balaban J connectivity index is 1.48. The van der Waals surface area contributed by atoms with Crippen molar-refractivity contribution in [2.45, 2.75) is 29.6 Å². The third-order valence-corrected chi connectivity index (χ3v) is 9.07. The highest BCUT2D eigenvalue weighted by atomic mass is 32.2. The fraction of sp³-hybridized carbons (Fsp3) is 0.156. The Bertz CT molecular complexity index is 1770. The predicted molar refractivity (Wildman–Crippen MR) is 153 cm³/mol. The Hall–Kier alpha value is -4.60. The van der Waals surface area contributed by atoms with Gasteiger partial charge in [0.15, 0.2) is 0 Å². The SMILES string of the molecule is COC(=O)C1c2cc(OCc3ccccc3)ccc2N(S(=O)(=O)c2ccccc2)C1C(O)c1cc2ccccc2o1. The van der Waals surface area contributed by atoms with Gasteiger partial charge < -0.3 is 19.0 Å². The first kappa shape index (κ1) is 26.6. The van der Waals surface area contributed by atoms with Crippen molar-refractivity contribution in [3.63, 3.8) is 0 Å². The van der Waals surface area contributed by atoms with Gasteiger partial charge in [0.2, 0.25) is 0 Å². The number of methoxy groups -OCH3 is 1. The minimum absolute atomic E-state index is 0.0164. The third-order valence-electron chi connectivity index (χ3n) is 7.25. The molecule has 0 bridgehead atoms. The van der Waals surface area contributed by atoms with Crippen LogP contribution < -0.4 is 9.04 Å². The van der Waals surface area contributed by atoms with E-state index in [-0.39, 0.29) is 22.9 Å². The van der Waals surface area contributed by atoms with Crippen LogP contribution in [0.4, 0.5) is 5.69 Å². The van der Waals surface area contributed by atoms with Gasteiger partial charge in [0, 0.05) is 5.39 Å². The van der Waals surface area contributed by atoms with Gasteiger partial charge in [0.1, 0.15) is 35.7 Å². The van der Waals surface area contributed by atoms with Crippen molar-refractivity contribution in [1.29, 1.82) is 0 Å². The van der Waals surface area contributed by atoms with Gasteiger partial charge in [-0.1, -0.05) is 66.7 Å². The number of para-hydroxylation sites is 1. The second kappa shape index (κ2) is 10.8. The maximum atomic E-state index is 14.2. The van der Waals surface area contributed by atoms with Crippen LogP contribution in [-0.2, 0) is 26.2 Å². The number of sulfonamides is 1. The first-order chi connectivity index (χ1) is 19.9. The summed E-state index contributed by atoms with van der Waals surface area (Å²) in [6.07, 6.45) is -1.51. The molecule has 208 valence electrons. The number of esters is 1. The zero-order valence-corrected chi connectivity index (χ0v) is 22.9. The molecule has 8 nitrogen and oxygen atoms in total. The van der Waals surface area contributed by atoms with Crippen molar-refractivity contribution in [2.24, 2.45) is 0 Å². The van der Waals surface area contributed by atoms with E-state index in [2.05, 4.69) is 0 Å². The zero-order valence-electron chi connectivity index (χ0n) is 22.1. The summed E-state index contributed by atoms with van der Waals surface area (Å²) in [7, 11) is -3.01. The summed E-state index contributed by atoms with van der Waals surface area (Å²) >= 11 is 0. The van der Waals surface area contributed by atoms with Crippen molar-refractivity contribution in [1.82, 2.24) is 0 Å². The second-order valence-electron chi connectivity index (χ2n) is 9.73. The van der Waals surface area contributed by atoms with E-state index in [4.69, 9.17) is 13.9 Å². The highest BCUT2D eigenvalue weighted by Crippen LogP contribution is 2.50. The van der Waals surface area contributed by atoms with Crippen molar-refractivity contribution >= 4 is 32.6 Å². The topological polar surface area (TPSA) is 106 Å². The molecule has 1 N–H and O–H groups in total. The molecule has 1 aromatic heterocycles. The highest BCUT2D eigenvalue weighted by molar-refractivity contribution is 7.92. The van der Waals surface area contributed by atoms with Crippen LogP contribution in [0.1, 0.15) is 28.9 Å². The zero-order chi connectivity index (χ0) is 28.6. The molecule has 0 saturated heterocycles. The van der Waals surface area contributed by atoms with E-state index in [0.29, 0.717) is 16.9 Å². The Labute approximate surface area is 237 Å². The number of fused-ring (bicyclic) bond motifs is 2. The Morgan fingerprint density at radius 1 is 0.927 bits per heavy atom. The number of ether oxygens (including phenoxy) is 2. The van der Waals surface area contributed by atoms with Gasteiger partial charge in [0.25, 0.3) is 10.0 Å². The third kappa shape index (κ3) is 4.83. The maximum Gasteiger partial charge on any atom is 0.315 e. The normalized spacial score (nSPS) is 17.3. The summed E-state index contributed by atoms with van der Waals surface area (Å²) in [6, 6.07) is 29.9. The van der Waals surface area contributed by atoms with Crippen LogP contribution in [-0.4, -0.2) is 32.6 Å². The number of nitrogens with zero attached hydrogens (tertiary/aromatic N) is 1. The van der Waals surface area contributed by atoms with Crippen LogP contribution >= 0.6 is 0 Å². The second-order valence-corrected chi connectivity index (χ2v) is 11.5. The first-order valence-corrected chi connectivity index (χ1v) is 14.5. The van der Waals surface area contributed by atoms with Gasteiger partial charge >= 0.3 is 5.97 Å². The standard InChI is InChI=1S/C32H27NO7S/c1-38-32(35)29-25-19-23(39-20-21-10-4-2-5-11-21)16-17-26(25)33(41(36,37)24-13-6-3-7-14-24)30(29)31(34)28-18-22-12-8-9-15-27(22)40-28/h2-19,29-31,34H,20H2,1H3. The molecule has 0 fully saturated rings. The molecule has 0 spiro atoms. The number of carbonyl (C=O) groups excluding carboxylic acids is 1. The fourth-order valence-electron chi connectivity index (χ4n) is 5.31. The Kier molecular flexibility index (Phi) is 6.98. The molecule has 0 amide bonds. The predicted octanol–water partition coefficient (Wildman–Crippen LogP) is 5.58. The monoisotopic (exact) mass is 569 g/mol. The van der Waals surface area contributed by atoms with Gasteiger partial charge in [-0.15, -0.1) is 0 Å². The van der Waals surface area contributed by atoms with E-state index in [0.717, 1.165) is 15.3 Å². The van der Waals surface area contributed by atoms with E-state index in [1.807, 2.05) is 42.5 Å². The number of aliphatic hydroxyl groups excluding tert-OH is 1. The molecule has 6 rings (SSSR count). The number of hydrogen-bond acceptors (Lipinski definition) is 7. The van der Waals surface area contributed by atoms with Crippen molar-refractivity contribution in [3.8, 4) is 5.75 Å². The molecule has 3 unspecified atom stereocenters. The van der Waals surface area contributed by atoms with Crippen LogP contribution in [0.2, 0.25) is 0 Å². The minimum Gasteiger partial charge on any atom is -0.489 e. The van der Waals surface area contributed by atoms with Gasteiger partial charge in [-0.05, 0) is 53.6 Å². The average Bonchev–Trinajstić information content (AvgIpc) is 3.60. The maximum absolute atomic E-state index is 14.2. The number of furan rings is 1. The Morgan fingerprint density at radius 3 is 2.32 bits per heavy atom. The molecule has 41 heavy (non-hydrogen) atoms. The van der Waals surface area contributed by atoms with Gasteiger partial charge in [0.05, 0.1) is 23.7 Å². The largest absolute Gasteiger partial charge is 0.489 e. The van der Waals surface area contributed by atoms with Crippen LogP contribution in [0.3, 0.4) is 0 Å².